The molecule has 0 saturated carbocycles. The van der Waals surface area contributed by atoms with Crippen LogP contribution in [0.15, 0.2) is 0 Å². The molecule has 0 radical (unpaired) electrons. The average molecular weight is 735 g/mol. The quantitative estimate of drug-likeness (QED) is 0.0500. The molecule has 4 nitrogen and oxygen atoms in total. The van der Waals surface area contributed by atoms with Gasteiger partial charge in [-0.2, -0.15) is 0 Å². The standard InChI is InChI=1S/C48H94O4/c1-3-5-7-8-9-10-11-12-13-14-15-16-17-18-22-25-28-31-34-37-41-45-48(51)52-46(42-38-6-4-2)43-39-35-32-29-26-23-20-19-21-24-27-30-33-36-40-44-47(49)50/h46H,3-45H2,1-2H3,(H,49,50). The monoisotopic (exact) mass is 735 g/mol. The Hall–Kier alpha value is -1.06. The molecule has 310 valence electrons. The Bertz CT molecular complexity index is 706. The SMILES string of the molecule is CCCCCCCCCCCCCCCCCCCCCCCC(=O)OC(CCCCC)CCCCCCCCCCCCCCCCCC(=O)O. The van der Waals surface area contributed by atoms with E-state index in [1.807, 2.05) is 0 Å². The molecule has 0 rings (SSSR count). The molecule has 0 bridgehead atoms. The lowest BCUT2D eigenvalue weighted by Crippen LogP contribution is -2.18. The van der Waals surface area contributed by atoms with E-state index < -0.39 is 5.97 Å². The van der Waals surface area contributed by atoms with Gasteiger partial charge in [0.25, 0.3) is 0 Å². The van der Waals surface area contributed by atoms with E-state index in [-0.39, 0.29) is 12.1 Å². The molecule has 52 heavy (non-hydrogen) atoms. The van der Waals surface area contributed by atoms with Crippen LogP contribution >= 0.6 is 0 Å². The molecule has 0 heterocycles. The number of rotatable bonds is 45. The Morgan fingerprint density at radius 1 is 0.346 bits per heavy atom. The van der Waals surface area contributed by atoms with Crippen molar-refractivity contribution in [1.82, 2.24) is 0 Å². The second kappa shape index (κ2) is 44.3. The Labute approximate surface area is 326 Å². The largest absolute Gasteiger partial charge is 0.481 e. The minimum Gasteiger partial charge on any atom is -0.481 e. The van der Waals surface area contributed by atoms with Gasteiger partial charge in [-0.05, 0) is 38.5 Å². The molecular formula is C48H94O4. The topological polar surface area (TPSA) is 63.6 Å². The van der Waals surface area contributed by atoms with Crippen molar-refractivity contribution in [3.63, 3.8) is 0 Å². The van der Waals surface area contributed by atoms with E-state index in [1.54, 1.807) is 0 Å². The molecule has 0 aromatic rings. The fourth-order valence-electron chi connectivity index (χ4n) is 7.78. The number of carbonyl (C=O) groups is 2. The number of ether oxygens (including phenoxy) is 1. The van der Waals surface area contributed by atoms with E-state index in [0.717, 1.165) is 32.1 Å². The zero-order chi connectivity index (χ0) is 37.8. The molecule has 4 heteroatoms. The summed E-state index contributed by atoms with van der Waals surface area (Å²) < 4.78 is 6.01. The van der Waals surface area contributed by atoms with Gasteiger partial charge in [-0.3, -0.25) is 9.59 Å². The van der Waals surface area contributed by atoms with Crippen LogP contribution in [0.1, 0.15) is 290 Å². The third-order valence-electron chi connectivity index (χ3n) is 11.3. The van der Waals surface area contributed by atoms with Gasteiger partial charge in [0, 0.05) is 12.8 Å². The van der Waals surface area contributed by atoms with Gasteiger partial charge in [0.15, 0.2) is 0 Å². The van der Waals surface area contributed by atoms with Crippen LogP contribution in [0.5, 0.6) is 0 Å². The number of carboxylic acid groups (broad SMARTS) is 1. The van der Waals surface area contributed by atoms with Crippen molar-refractivity contribution in [2.45, 2.75) is 296 Å². The predicted octanol–water partition coefficient (Wildman–Crippen LogP) is 16.8. The Balaban J connectivity index is 3.59. The average Bonchev–Trinajstić information content (AvgIpc) is 3.13. The van der Waals surface area contributed by atoms with Crippen molar-refractivity contribution < 1.29 is 19.4 Å². The van der Waals surface area contributed by atoms with Gasteiger partial charge in [-0.1, -0.05) is 239 Å². The summed E-state index contributed by atoms with van der Waals surface area (Å²) in [7, 11) is 0. The van der Waals surface area contributed by atoms with Crippen molar-refractivity contribution in [2.75, 3.05) is 0 Å². The van der Waals surface area contributed by atoms with Crippen molar-refractivity contribution in [3.8, 4) is 0 Å². The van der Waals surface area contributed by atoms with Crippen molar-refractivity contribution >= 4 is 11.9 Å². The summed E-state index contributed by atoms with van der Waals surface area (Å²) in [4.78, 5) is 23.2. The molecule has 0 fully saturated rings. The molecule has 0 aliphatic carbocycles. The second-order valence-corrected chi connectivity index (χ2v) is 16.7. The Morgan fingerprint density at radius 2 is 0.577 bits per heavy atom. The Morgan fingerprint density at radius 3 is 0.885 bits per heavy atom. The summed E-state index contributed by atoms with van der Waals surface area (Å²) >= 11 is 0. The number of carboxylic acids is 1. The van der Waals surface area contributed by atoms with E-state index in [9.17, 15) is 9.59 Å². The highest BCUT2D eigenvalue weighted by atomic mass is 16.5. The van der Waals surface area contributed by atoms with Gasteiger partial charge in [-0.15, -0.1) is 0 Å². The van der Waals surface area contributed by atoms with E-state index in [4.69, 9.17) is 9.84 Å². The molecule has 1 N–H and O–H groups in total. The third-order valence-corrected chi connectivity index (χ3v) is 11.3. The molecule has 1 atom stereocenters. The van der Waals surface area contributed by atoms with E-state index in [2.05, 4.69) is 13.8 Å². The number of carbonyl (C=O) groups excluding carboxylic acids is 1. The summed E-state index contributed by atoms with van der Waals surface area (Å²) in [5.74, 6) is -0.611. The third kappa shape index (κ3) is 43.3. The fourth-order valence-corrected chi connectivity index (χ4v) is 7.78. The zero-order valence-electron chi connectivity index (χ0n) is 35.7. The molecule has 0 aromatic heterocycles. The Kier molecular flexibility index (Phi) is 43.4. The van der Waals surface area contributed by atoms with Gasteiger partial charge in [-0.25, -0.2) is 0 Å². The molecule has 0 saturated heterocycles. The summed E-state index contributed by atoms with van der Waals surface area (Å²) in [6, 6.07) is 0. The van der Waals surface area contributed by atoms with Gasteiger partial charge < -0.3 is 9.84 Å². The summed E-state index contributed by atoms with van der Waals surface area (Å²) in [6.07, 6.45) is 54.9. The first-order valence-electron chi connectivity index (χ1n) is 24.0. The normalized spacial score (nSPS) is 12.0. The van der Waals surface area contributed by atoms with Gasteiger partial charge in [0.2, 0.25) is 0 Å². The van der Waals surface area contributed by atoms with Crippen LogP contribution in [0.25, 0.3) is 0 Å². The van der Waals surface area contributed by atoms with Crippen LogP contribution in [0.2, 0.25) is 0 Å². The maximum Gasteiger partial charge on any atom is 0.306 e. The van der Waals surface area contributed by atoms with Gasteiger partial charge in [0.05, 0.1) is 0 Å². The number of aliphatic carboxylic acids is 1. The number of esters is 1. The zero-order valence-corrected chi connectivity index (χ0v) is 35.7. The van der Waals surface area contributed by atoms with E-state index in [1.165, 1.54) is 231 Å². The maximum absolute atomic E-state index is 12.6. The van der Waals surface area contributed by atoms with Crippen molar-refractivity contribution in [1.29, 1.82) is 0 Å². The lowest BCUT2D eigenvalue weighted by molar-refractivity contribution is -0.150. The van der Waals surface area contributed by atoms with Crippen molar-refractivity contribution in [2.24, 2.45) is 0 Å². The van der Waals surface area contributed by atoms with E-state index in [0.29, 0.717) is 12.8 Å². The van der Waals surface area contributed by atoms with Crippen molar-refractivity contribution in [3.05, 3.63) is 0 Å². The summed E-state index contributed by atoms with van der Waals surface area (Å²) in [6.45, 7) is 4.55. The van der Waals surface area contributed by atoms with Crippen LogP contribution < -0.4 is 0 Å². The summed E-state index contributed by atoms with van der Waals surface area (Å²) in [5, 5.41) is 8.69. The minimum absolute atomic E-state index is 0.0510. The highest BCUT2D eigenvalue weighted by molar-refractivity contribution is 5.69. The summed E-state index contributed by atoms with van der Waals surface area (Å²) in [5.41, 5.74) is 0. The molecule has 0 spiro atoms. The second-order valence-electron chi connectivity index (χ2n) is 16.7. The van der Waals surface area contributed by atoms with E-state index >= 15 is 0 Å². The van der Waals surface area contributed by atoms with Crippen LogP contribution in [0.4, 0.5) is 0 Å². The van der Waals surface area contributed by atoms with Crippen LogP contribution in [-0.2, 0) is 14.3 Å². The maximum atomic E-state index is 12.6. The van der Waals surface area contributed by atoms with Gasteiger partial charge in [0.1, 0.15) is 6.10 Å². The fraction of sp³-hybridized carbons (Fsp3) is 0.958. The highest BCUT2D eigenvalue weighted by Gasteiger charge is 2.14. The molecule has 0 amide bonds. The van der Waals surface area contributed by atoms with Crippen LogP contribution in [0.3, 0.4) is 0 Å². The molecule has 1 unspecified atom stereocenters. The number of hydrogen-bond donors (Lipinski definition) is 1. The first kappa shape index (κ1) is 50.9. The minimum atomic E-state index is -0.662. The molecule has 0 aliphatic heterocycles. The number of hydrogen-bond acceptors (Lipinski definition) is 3. The first-order chi connectivity index (χ1) is 25.6. The van der Waals surface area contributed by atoms with Crippen LogP contribution in [0, 0.1) is 0 Å². The molecule has 0 aromatic carbocycles. The predicted molar refractivity (Wildman–Crippen MR) is 227 cm³/mol. The smallest absolute Gasteiger partial charge is 0.306 e. The number of unbranched alkanes of at least 4 members (excludes halogenated alkanes) is 36. The molecular weight excluding hydrogens is 641 g/mol. The van der Waals surface area contributed by atoms with Gasteiger partial charge >= 0.3 is 11.9 Å². The lowest BCUT2D eigenvalue weighted by atomic mass is 10.0. The highest BCUT2D eigenvalue weighted by Crippen LogP contribution is 2.19. The first-order valence-corrected chi connectivity index (χ1v) is 24.0. The molecule has 0 aliphatic rings. The van der Waals surface area contributed by atoms with Crippen LogP contribution in [-0.4, -0.2) is 23.1 Å². The lowest BCUT2D eigenvalue weighted by Gasteiger charge is -2.18.